The van der Waals surface area contributed by atoms with Crippen molar-refractivity contribution in [3.63, 3.8) is 0 Å². The Labute approximate surface area is 195 Å². The lowest BCUT2D eigenvalue weighted by Crippen LogP contribution is -2.33. The Balaban J connectivity index is 1.30. The molecule has 2 aromatic carbocycles. The molecule has 1 aliphatic heterocycles. The molecule has 0 bridgehead atoms. The smallest absolute Gasteiger partial charge is 0.226 e. The number of thiophene rings is 1. The van der Waals surface area contributed by atoms with Gasteiger partial charge in [0.2, 0.25) is 5.95 Å². The van der Waals surface area contributed by atoms with Crippen LogP contribution in [0.15, 0.2) is 89.7 Å². The summed E-state index contributed by atoms with van der Waals surface area (Å²) in [5.41, 5.74) is 3.86. The molecule has 7 heteroatoms. The normalized spacial score (nSPS) is 19.6. The number of nitrogens with zero attached hydrogens (tertiary/aromatic N) is 3. The zero-order chi connectivity index (χ0) is 22.2. The van der Waals surface area contributed by atoms with Crippen LogP contribution < -0.4 is 10.1 Å². The van der Waals surface area contributed by atoms with Crippen LogP contribution in [0.25, 0.3) is 0 Å². The maximum atomic E-state index is 13.4. The zero-order valence-electron chi connectivity index (χ0n) is 17.8. The number of hydrogen-bond donors (Lipinski definition) is 1. The number of ether oxygens (including phenoxy) is 1. The average Bonchev–Trinajstić information content (AvgIpc) is 3.55. The van der Waals surface area contributed by atoms with Crippen LogP contribution in [-0.4, -0.2) is 20.5 Å². The van der Waals surface area contributed by atoms with Gasteiger partial charge in [-0.25, -0.2) is 4.68 Å². The van der Waals surface area contributed by atoms with Gasteiger partial charge in [-0.1, -0.05) is 48.5 Å². The second-order valence-electron chi connectivity index (χ2n) is 8.34. The van der Waals surface area contributed by atoms with E-state index in [1.807, 2.05) is 65.3 Å². The van der Waals surface area contributed by atoms with Gasteiger partial charge in [0.25, 0.3) is 0 Å². The highest BCUT2D eigenvalue weighted by Gasteiger charge is 2.39. The number of fused-ring (bicyclic) bond motifs is 1. The molecule has 6 rings (SSSR count). The molecule has 33 heavy (non-hydrogen) atoms. The number of allylic oxidation sites excluding steroid dienone is 2. The van der Waals surface area contributed by atoms with Crippen molar-refractivity contribution < 1.29 is 9.53 Å². The molecule has 2 aromatic heterocycles. The summed E-state index contributed by atoms with van der Waals surface area (Å²) < 4.78 is 7.75. The molecule has 1 N–H and O–H groups in total. The molecule has 0 unspecified atom stereocenters. The predicted molar refractivity (Wildman–Crippen MR) is 127 cm³/mol. The second-order valence-corrected chi connectivity index (χ2v) is 9.31. The number of hydrogen-bond acceptors (Lipinski definition) is 6. The highest BCUT2D eigenvalue weighted by atomic mass is 32.1. The third-order valence-corrected chi connectivity index (χ3v) is 7.29. The van der Waals surface area contributed by atoms with E-state index in [0.29, 0.717) is 19.0 Å². The maximum absolute atomic E-state index is 13.4. The van der Waals surface area contributed by atoms with Crippen molar-refractivity contribution in [3.05, 3.63) is 106 Å². The molecule has 2 atom stereocenters. The van der Waals surface area contributed by atoms with E-state index in [1.165, 1.54) is 11.2 Å². The summed E-state index contributed by atoms with van der Waals surface area (Å²) in [6.45, 7) is 0.513. The van der Waals surface area contributed by atoms with Gasteiger partial charge in [0.15, 0.2) is 5.78 Å². The van der Waals surface area contributed by atoms with Gasteiger partial charge in [0.1, 0.15) is 24.7 Å². The van der Waals surface area contributed by atoms with Crippen molar-refractivity contribution in [2.24, 2.45) is 0 Å². The van der Waals surface area contributed by atoms with Crippen LogP contribution in [0.3, 0.4) is 0 Å². The molecule has 4 aromatic rings. The molecule has 0 radical (unpaired) electrons. The van der Waals surface area contributed by atoms with E-state index in [1.54, 1.807) is 11.3 Å². The molecule has 0 spiro atoms. The van der Waals surface area contributed by atoms with E-state index >= 15 is 0 Å². The molecule has 0 saturated carbocycles. The first-order chi connectivity index (χ1) is 16.3. The minimum absolute atomic E-state index is 0.165. The summed E-state index contributed by atoms with van der Waals surface area (Å²) in [4.78, 5) is 19.0. The number of nitrogens with one attached hydrogen (secondary N) is 1. The fourth-order valence-corrected chi connectivity index (χ4v) is 5.50. The summed E-state index contributed by atoms with van der Waals surface area (Å²) in [5, 5.41) is 9.88. The topological polar surface area (TPSA) is 69.0 Å². The number of benzene rings is 2. The number of aromatic nitrogens is 3. The van der Waals surface area contributed by atoms with Crippen LogP contribution in [0.1, 0.15) is 40.8 Å². The van der Waals surface area contributed by atoms with Crippen molar-refractivity contribution in [1.82, 2.24) is 14.8 Å². The number of Topliss-reactive ketones (excluding diaryl/α,β-unsaturated/α-hetero) is 1. The van der Waals surface area contributed by atoms with Crippen molar-refractivity contribution in [2.45, 2.75) is 31.4 Å². The number of anilines is 1. The van der Waals surface area contributed by atoms with E-state index in [-0.39, 0.29) is 17.7 Å². The van der Waals surface area contributed by atoms with Gasteiger partial charge < -0.3 is 10.1 Å². The molecule has 3 heterocycles. The summed E-state index contributed by atoms with van der Waals surface area (Å²) in [6, 6.07) is 21.9. The van der Waals surface area contributed by atoms with E-state index in [9.17, 15) is 4.79 Å². The van der Waals surface area contributed by atoms with Gasteiger partial charge in [0, 0.05) is 28.5 Å². The second kappa shape index (κ2) is 8.33. The van der Waals surface area contributed by atoms with E-state index in [0.717, 1.165) is 34.6 Å². The van der Waals surface area contributed by atoms with Crippen LogP contribution in [0.5, 0.6) is 5.75 Å². The Morgan fingerprint density at radius 1 is 1.03 bits per heavy atom. The first kappa shape index (κ1) is 19.9. The molecule has 1 aliphatic carbocycles. The minimum Gasteiger partial charge on any atom is -0.489 e. The standard InChI is InChI=1S/C26H22N4O2S/c31-22-14-19(23-7-4-12-33-23)13-21-24(22)25(30-26(29-21)27-16-28-30)18-8-10-20(11-9-18)32-15-17-5-2-1-3-6-17/h1-12,16,19,25H,13-15H2,(H,27,28,29)/t19-,25-/m1/s1. The Hall–Kier alpha value is -3.71. The lowest BCUT2D eigenvalue weighted by molar-refractivity contribution is -0.116. The van der Waals surface area contributed by atoms with Gasteiger partial charge in [-0.2, -0.15) is 10.1 Å². The fourth-order valence-electron chi connectivity index (χ4n) is 4.67. The lowest BCUT2D eigenvalue weighted by atomic mass is 9.80. The summed E-state index contributed by atoms with van der Waals surface area (Å²) in [5.74, 6) is 1.82. The van der Waals surface area contributed by atoms with E-state index in [2.05, 4.69) is 26.8 Å². The van der Waals surface area contributed by atoms with Crippen LogP contribution in [0, 0.1) is 0 Å². The number of rotatable bonds is 5. The minimum atomic E-state index is -0.293. The van der Waals surface area contributed by atoms with Crippen LogP contribution in [0.4, 0.5) is 5.95 Å². The highest BCUT2D eigenvalue weighted by Crippen LogP contribution is 2.44. The van der Waals surface area contributed by atoms with Crippen LogP contribution >= 0.6 is 11.3 Å². The molecule has 6 nitrogen and oxygen atoms in total. The van der Waals surface area contributed by atoms with Gasteiger partial charge >= 0.3 is 0 Å². The lowest BCUT2D eigenvalue weighted by Gasteiger charge is -2.34. The molecule has 2 aliphatic rings. The summed E-state index contributed by atoms with van der Waals surface area (Å²) in [7, 11) is 0. The van der Waals surface area contributed by atoms with Crippen molar-refractivity contribution in [1.29, 1.82) is 0 Å². The molecular formula is C26H22N4O2S. The maximum Gasteiger partial charge on any atom is 0.226 e. The van der Waals surface area contributed by atoms with Gasteiger partial charge in [-0.3, -0.25) is 4.79 Å². The first-order valence-electron chi connectivity index (χ1n) is 11.0. The average molecular weight is 455 g/mol. The third-order valence-electron chi connectivity index (χ3n) is 6.25. The Kier molecular flexibility index (Phi) is 5.03. The van der Waals surface area contributed by atoms with Crippen LogP contribution in [0.2, 0.25) is 0 Å². The number of ketones is 1. The number of carbonyl (C=O) groups excluding carboxylic acids is 1. The number of carbonyl (C=O) groups is 1. The Morgan fingerprint density at radius 2 is 1.88 bits per heavy atom. The van der Waals surface area contributed by atoms with Gasteiger partial charge in [-0.15, -0.1) is 11.3 Å². The van der Waals surface area contributed by atoms with Crippen molar-refractivity contribution in [3.8, 4) is 5.75 Å². The largest absolute Gasteiger partial charge is 0.489 e. The van der Waals surface area contributed by atoms with Crippen molar-refractivity contribution >= 4 is 23.1 Å². The molecule has 0 fully saturated rings. The van der Waals surface area contributed by atoms with E-state index < -0.39 is 0 Å². The zero-order valence-corrected chi connectivity index (χ0v) is 18.7. The monoisotopic (exact) mass is 454 g/mol. The van der Waals surface area contributed by atoms with Crippen molar-refractivity contribution in [2.75, 3.05) is 5.32 Å². The SMILES string of the molecule is O=C1C[C@H](c2cccs2)CC2=C1[C@@H](c1ccc(OCc3ccccc3)cc1)n1ncnc1N2. The Bertz CT molecular complexity index is 1310. The predicted octanol–water partition coefficient (Wildman–Crippen LogP) is 5.33. The highest BCUT2D eigenvalue weighted by molar-refractivity contribution is 7.10. The molecule has 164 valence electrons. The quantitative estimate of drug-likeness (QED) is 0.441. The molecular weight excluding hydrogens is 432 g/mol. The fraction of sp³-hybridized carbons (Fsp3) is 0.192. The summed E-state index contributed by atoms with van der Waals surface area (Å²) >= 11 is 1.71. The summed E-state index contributed by atoms with van der Waals surface area (Å²) in [6.07, 6.45) is 2.84. The third kappa shape index (κ3) is 3.74. The van der Waals surface area contributed by atoms with Gasteiger partial charge in [0.05, 0.1) is 0 Å². The Morgan fingerprint density at radius 3 is 2.67 bits per heavy atom. The molecule has 0 saturated heterocycles. The first-order valence-corrected chi connectivity index (χ1v) is 11.9. The van der Waals surface area contributed by atoms with E-state index in [4.69, 9.17) is 4.74 Å². The van der Waals surface area contributed by atoms with Crippen LogP contribution in [-0.2, 0) is 11.4 Å². The molecule has 0 amide bonds. The van der Waals surface area contributed by atoms with Gasteiger partial charge in [-0.05, 0) is 41.1 Å².